The number of nitrogens with zero attached hydrogens (tertiary/aromatic N) is 1. The number of rotatable bonds is 3. The Morgan fingerprint density at radius 3 is 2.04 bits per heavy atom. The van der Waals surface area contributed by atoms with Crippen LogP contribution < -0.4 is 0 Å². The van der Waals surface area contributed by atoms with E-state index in [9.17, 15) is 5.11 Å². The van der Waals surface area contributed by atoms with E-state index in [1.807, 2.05) is 24.4 Å². The van der Waals surface area contributed by atoms with Crippen LogP contribution in [0.3, 0.4) is 0 Å². The second kappa shape index (κ2) is 7.03. The summed E-state index contributed by atoms with van der Waals surface area (Å²) in [5.41, 5.74) is 4.03. The number of hydrogen-bond acceptors (Lipinski definition) is 2. The van der Waals surface area contributed by atoms with Crippen molar-refractivity contribution in [2.45, 2.75) is 65.3 Å². The lowest BCUT2D eigenvalue weighted by Gasteiger charge is -2.27. The number of benzene rings is 2. The quantitative estimate of drug-likeness (QED) is 0.668. The van der Waals surface area contributed by atoms with Gasteiger partial charge in [-0.05, 0) is 34.9 Å². The SMILES string of the molecule is C[C@H](N=Cc1cc(C(C)(C)C)cc(C(C)(C)C)c1O)c1ccccc1. The molecule has 134 valence electrons. The smallest absolute Gasteiger partial charge is 0.128 e. The predicted octanol–water partition coefficient (Wildman–Crippen LogP) is 6.17. The van der Waals surface area contributed by atoms with Gasteiger partial charge in [0.05, 0.1) is 6.04 Å². The molecule has 0 aliphatic rings. The zero-order valence-corrected chi connectivity index (χ0v) is 16.6. The van der Waals surface area contributed by atoms with Gasteiger partial charge in [0.15, 0.2) is 0 Å². The fraction of sp³-hybridized carbons (Fsp3) is 0.435. The number of aliphatic imine (C=N–C) groups is 1. The first-order valence-corrected chi connectivity index (χ1v) is 8.96. The third-order valence-corrected chi connectivity index (χ3v) is 4.53. The van der Waals surface area contributed by atoms with Crippen LogP contribution >= 0.6 is 0 Å². The lowest BCUT2D eigenvalue weighted by Crippen LogP contribution is -2.17. The highest BCUT2D eigenvalue weighted by atomic mass is 16.3. The molecule has 0 bridgehead atoms. The van der Waals surface area contributed by atoms with E-state index in [0.717, 1.165) is 11.1 Å². The van der Waals surface area contributed by atoms with Crippen LogP contribution in [0.15, 0.2) is 47.5 Å². The zero-order valence-electron chi connectivity index (χ0n) is 16.6. The number of aromatic hydroxyl groups is 1. The van der Waals surface area contributed by atoms with E-state index < -0.39 is 0 Å². The summed E-state index contributed by atoms with van der Waals surface area (Å²) in [7, 11) is 0. The Morgan fingerprint density at radius 2 is 1.52 bits per heavy atom. The van der Waals surface area contributed by atoms with Crippen molar-refractivity contribution in [1.29, 1.82) is 0 Å². The molecular formula is C23H31NO. The molecule has 1 atom stereocenters. The Kier molecular flexibility index (Phi) is 5.41. The highest BCUT2D eigenvalue weighted by Gasteiger charge is 2.24. The van der Waals surface area contributed by atoms with Crippen molar-refractivity contribution >= 4 is 6.21 Å². The maximum atomic E-state index is 10.8. The van der Waals surface area contributed by atoms with Crippen LogP contribution in [0.4, 0.5) is 0 Å². The molecule has 2 rings (SSSR count). The summed E-state index contributed by atoms with van der Waals surface area (Å²) in [4.78, 5) is 4.69. The Balaban J connectivity index is 2.48. The topological polar surface area (TPSA) is 32.6 Å². The normalized spacial score (nSPS) is 14.0. The standard InChI is InChI=1S/C23H31NO/c1-16(17-11-9-8-10-12-17)24-15-18-13-19(22(2,3)4)14-20(21(18)25)23(5,6)7/h8-16,25H,1-7H3/t16-/m0/s1. The molecule has 0 heterocycles. The Labute approximate surface area is 152 Å². The molecule has 0 fully saturated rings. The molecule has 0 aliphatic carbocycles. The van der Waals surface area contributed by atoms with E-state index >= 15 is 0 Å². The van der Waals surface area contributed by atoms with E-state index in [1.54, 1.807) is 0 Å². The van der Waals surface area contributed by atoms with Gasteiger partial charge >= 0.3 is 0 Å². The van der Waals surface area contributed by atoms with E-state index in [-0.39, 0.29) is 16.9 Å². The summed E-state index contributed by atoms with van der Waals surface area (Å²) in [6, 6.07) is 14.5. The molecule has 0 amide bonds. The van der Waals surface area contributed by atoms with Gasteiger partial charge < -0.3 is 5.11 Å². The molecule has 0 saturated heterocycles. The number of phenols is 1. The first-order valence-electron chi connectivity index (χ1n) is 8.96. The van der Waals surface area contributed by atoms with E-state index in [2.05, 4.69) is 77.7 Å². The fourth-order valence-corrected chi connectivity index (χ4v) is 2.77. The maximum absolute atomic E-state index is 10.8. The van der Waals surface area contributed by atoms with Crippen LogP contribution in [-0.2, 0) is 10.8 Å². The molecule has 0 aromatic heterocycles. The summed E-state index contributed by atoms with van der Waals surface area (Å²) in [5.74, 6) is 0.338. The first-order chi connectivity index (χ1) is 11.5. The van der Waals surface area contributed by atoms with Gasteiger partial charge in [-0.15, -0.1) is 0 Å². The summed E-state index contributed by atoms with van der Waals surface area (Å²) in [6.45, 7) is 15.0. The van der Waals surface area contributed by atoms with E-state index in [1.165, 1.54) is 11.1 Å². The molecule has 0 radical (unpaired) electrons. The van der Waals surface area contributed by atoms with Crippen LogP contribution in [0, 0.1) is 0 Å². The lowest BCUT2D eigenvalue weighted by molar-refractivity contribution is 0.444. The Hall–Kier alpha value is -2.09. The lowest BCUT2D eigenvalue weighted by atomic mass is 9.79. The highest BCUT2D eigenvalue weighted by Crippen LogP contribution is 2.37. The van der Waals surface area contributed by atoms with Gasteiger partial charge in [0, 0.05) is 17.3 Å². The van der Waals surface area contributed by atoms with Gasteiger partial charge in [0.2, 0.25) is 0 Å². The van der Waals surface area contributed by atoms with Crippen molar-refractivity contribution < 1.29 is 5.11 Å². The molecule has 25 heavy (non-hydrogen) atoms. The molecule has 2 heteroatoms. The van der Waals surface area contributed by atoms with Crippen molar-refractivity contribution in [3.05, 3.63) is 64.7 Å². The minimum atomic E-state index is -0.126. The van der Waals surface area contributed by atoms with Crippen LogP contribution in [0.5, 0.6) is 5.75 Å². The second-order valence-corrected chi connectivity index (χ2v) is 8.83. The third kappa shape index (κ3) is 4.72. The molecular weight excluding hydrogens is 306 g/mol. The van der Waals surface area contributed by atoms with Crippen LogP contribution in [-0.4, -0.2) is 11.3 Å². The molecule has 1 N–H and O–H groups in total. The molecule has 2 nitrogen and oxygen atoms in total. The van der Waals surface area contributed by atoms with Crippen LogP contribution in [0.25, 0.3) is 0 Å². The van der Waals surface area contributed by atoms with Crippen molar-refractivity contribution in [3.8, 4) is 5.75 Å². The van der Waals surface area contributed by atoms with Gasteiger partial charge in [-0.3, -0.25) is 4.99 Å². The van der Waals surface area contributed by atoms with Gasteiger partial charge in [-0.25, -0.2) is 0 Å². The predicted molar refractivity (Wildman–Crippen MR) is 108 cm³/mol. The maximum Gasteiger partial charge on any atom is 0.128 e. The van der Waals surface area contributed by atoms with Crippen molar-refractivity contribution in [2.75, 3.05) is 0 Å². The minimum Gasteiger partial charge on any atom is -0.507 e. The van der Waals surface area contributed by atoms with E-state index in [4.69, 9.17) is 0 Å². The summed E-state index contributed by atoms with van der Waals surface area (Å²) >= 11 is 0. The Bertz CT molecular complexity index is 746. The molecule has 2 aromatic rings. The third-order valence-electron chi connectivity index (χ3n) is 4.53. The largest absolute Gasteiger partial charge is 0.507 e. The number of hydrogen-bond donors (Lipinski definition) is 1. The monoisotopic (exact) mass is 337 g/mol. The van der Waals surface area contributed by atoms with Gasteiger partial charge in [0.25, 0.3) is 0 Å². The molecule has 0 aliphatic heterocycles. The summed E-state index contributed by atoms with van der Waals surface area (Å²) in [6.07, 6.45) is 1.82. The van der Waals surface area contributed by atoms with Crippen molar-refractivity contribution in [1.82, 2.24) is 0 Å². The molecule has 0 spiro atoms. The minimum absolute atomic E-state index is 0.0152. The van der Waals surface area contributed by atoms with Gasteiger partial charge in [0.1, 0.15) is 5.75 Å². The summed E-state index contributed by atoms with van der Waals surface area (Å²) < 4.78 is 0. The van der Waals surface area contributed by atoms with Crippen LogP contribution in [0.1, 0.15) is 76.8 Å². The summed E-state index contributed by atoms with van der Waals surface area (Å²) in [5, 5.41) is 10.8. The molecule has 0 saturated carbocycles. The average molecular weight is 338 g/mol. The molecule has 0 unspecified atom stereocenters. The van der Waals surface area contributed by atoms with E-state index in [0.29, 0.717) is 5.75 Å². The number of phenolic OH excluding ortho intramolecular Hbond substituents is 1. The van der Waals surface area contributed by atoms with Gasteiger partial charge in [-0.2, -0.15) is 0 Å². The zero-order chi connectivity index (χ0) is 18.8. The average Bonchev–Trinajstić information content (AvgIpc) is 2.52. The highest BCUT2D eigenvalue weighted by molar-refractivity contribution is 5.85. The van der Waals surface area contributed by atoms with Gasteiger partial charge in [-0.1, -0.05) is 77.9 Å². The first kappa shape index (κ1) is 19.2. The van der Waals surface area contributed by atoms with Crippen molar-refractivity contribution in [3.63, 3.8) is 0 Å². The van der Waals surface area contributed by atoms with Crippen molar-refractivity contribution in [2.24, 2.45) is 4.99 Å². The second-order valence-electron chi connectivity index (χ2n) is 8.83. The molecule has 2 aromatic carbocycles. The fourth-order valence-electron chi connectivity index (χ4n) is 2.77. The Morgan fingerprint density at radius 1 is 0.920 bits per heavy atom. The van der Waals surface area contributed by atoms with Crippen LogP contribution in [0.2, 0.25) is 0 Å².